The zero-order chi connectivity index (χ0) is 21.5. The van der Waals surface area contributed by atoms with Crippen LogP contribution < -0.4 is 0 Å². The summed E-state index contributed by atoms with van der Waals surface area (Å²) in [5.74, 6) is 1.28. The number of benzene rings is 2. The molecule has 32 heavy (non-hydrogen) atoms. The molecule has 5 aromatic rings. The first-order valence-corrected chi connectivity index (χ1v) is 10.4. The predicted octanol–water partition coefficient (Wildman–Crippen LogP) is 3.86. The summed E-state index contributed by atoms with van der Waals surface area (Å²) in [6, 6.07) is 14.9. The Morgan fingerprint density at radius 1 is 1.03 bits per heavy atom. The first-order valence-electron chi connectivity index (χ1n) is 10.4. The smallest absolute Gasteiger partial charge is 0.227 e. The van der Waals surface area contributed by atoms with Crippen LogP contribution in [-0.2, 0) is 19.4 Å². The first-order chi connectivity index (χ1) is 15.8. The van der Waals surface area contributed by atoms with Crippen molar-refractivity contribution >= 4 is 0 Å². The van der Waals surface area contributed by atoms with Crippen molar-refractivity contribution in [2.75, 3.05) is 0 Å². The molecule has 0 saturated heterocycles. The Labute approximate surface area is 182 Å². The van der Waals surface area contributed by atoms with E-state index in [4.69, 9.17) is 4.52 Å². The molecule has 4 heterocycles. The molecule has 6 rings (SSSR count). The average Bonchev–Trinajstić information content (AvgIpc) is 3.54. The maximum atomic E-state index is 14.0. The van der Waals surface area contributed by atoms with Crippen molar-refractivity contribution in [3.05, 3.63) is 84.2 Å². The minimum absolute atomic E-state index is 0.333. The summed E-state index contributed by atoms with van der Waals surface area (Å²) < 4.78 is 23.1. The van der Waals surface area contributed by atoms with Gasteiger partial charge in [0.25, 0.3) is 0 Å². The average molecular weight is 427 g/mol. The molecule has 8 nitrogen and oxygen atoms in total. The van der Waals surface area contributed by atoms with Gasteiger partial charge in [-0.05, 0) is 36.6 Å². The molecule has 1 aliphatic heterocycles. The number of aryl methyl sites for hydroxylation is 2. The van der Waals surface area contributed by atoms with Crippen molar-refractivity contribution in [1.29, 1.82) is 0 Å². The molecule has 0 fully saturated rings. The minimum atomic E-state index is -0.333. The highest BCUT2D eigenvalue weighted by Gasteiger charge is 2.26. The fourth-order valence-electron chi connectivity index (χ4n) is 4.09. The highest BCUT2D eigenvalue weighted by molar-refractivity contribution is 5.70. The van der Waals surface area contributed by atoms with E-state index in [1.54, 1.807) is 17.1 Å². The second kappa shape index (κ2) is 7.52. The third-order valence-electron chi connectivity index (χ3n) is 5.62. The van der Waals surface area contributed by atoms with Crippen LogP contribution in [0.1, 0.15) is 23.6 Å². The number of aromatic nitrogens is 7. The summed E-state index contributed by atoms with van der Waals surface area (Å²) in [5.41, 5.74) is 4.16. The minimum Gasteiger partial charge on any atom is -0.339 e. The largest absolute Gasteiger partial charge is 0.339 e. The van der Waals surface area contributed by atoms with E-state index >= 15 is 0 Å². The van der Waals surface area contributed by atoms with E-state index in [2.05, 4.69) is 37.3 Å². The highest BCUT2D eigenvalue weighted by Crippen LogP contribution is 2.33. The topological polar surface area (TPSA) is 87.4 Å². The van der Waals surface area contributed by atoms with Crippen LogP contribution >= 0.6 is 0 Å². The maximum Gasteiger partial charge on any atom is 0.227 e. The van der Waals surface area contributed by atoms with E-state index in [0.29, 0.717) is 41.8 Å². The van der Waals surface area contributed by atoms with E-state index in [0.717, 1.165) is 24.2 Å². The van der Waals surface area contributed by atoms with Gasteiger partial charge in [0.05, 0.1) is 17.9 Å². The van der Waals surface area contributed by atoms with E-state index in [9.17, 15) is 4.39 Å². The summed E-state index contributed by atoms with van der Waals surface area (Å²) in [4.78, 5) is 13.5. The van der Waals surface area contributed by atoms with Gasteiger partial charge in [0.15, 0.2) is 5.82 Å². The van der Waals surface area contributed by atoms with Crippen LogP contribution in [0.5, 0.6) is 0 Å². The molecule has 158 valence electrons. The number of nitrogens with zero attached hydrogens (tertiary/aromatic N) is 7. The number of rotatable bonds is 5. The molecular weight excluding hydrogens is 409 g/mol. The monoisotopic (exact) mass is 427 g/mol. The fraction of sp³-hybridized carbons (Fsp3) is 0.174. The van der Waals surface area contributed by atoms with Crippen molar-refractivity contribution in [2.45, 2.75) is 25.8 Å². The van der Waals surface area contributed by atoms with Crippen LogP contribution in [0.2, 0.25) is 0 Å². The maximum absolute atomic E-state index is 14.0. The first kappa shape index (κ1) is 18.6. The Bertz CT molecular complexity index is 1400. The second-order valence-electron chi connectivity index (χ2n) is 7.66. The highest BCUT2D eigenvalue weighted by atomic mass is 19.1. The normalized spacial score (nSPS) is 12.2. The lowest BCUT2D eigenvalue weighted by atomic mass is 10.1. The Balaban J connectivity index is 1.31. The van der Waals surface area contributed by atoms with Crippen molar-refractivity contribution < 1.29 is 8.91 Å². The Kier molecular flexibility index (Phi) is 4.38. The Morgan fingerprint density at radius 3 is 2.84 bits per heavy atom. The van der Waals surface area contributed by atoms with Gasteiger partial charge in [0, 0.05) is 12.0 Å². The molecule has 0 radical (unpaired) electrons. The lowest BCUT2D eigenvalue weighted by Crippen LogP contribution is -2.06. The number of fused-ring (bicyclic) bond motifs is 5. The molecule has 0 spiro atoms. The Morgan fingerprint density at radius 2 is 1.94 bits per heavy atom. The number of hydrogen-bond donors (Lipinski definition) is 0. The lowest BCUT2D eigenvalue weighted by molar-refractivity contribution is 0.376. The van der Waals surface area contributed by atoms with E-state index in [1.165, 1.54) is 24.0 Å². The van der Waals surface area contributed by atoms with Crippen molar-refractivity contribution in [1.82, 2.24) is 34.5 Å². The van der Waals surface area contributed by atoms with Crippen LogP contribution in [0, 0.1) is 5.82 Å². The predicted molar refractivity (Wildman–Crippen MR) is 113 cm³/mol. The van der Waals surface area contributed by atoms with Crippen LogP contribution in [0.15, 0.2) is 65.7 Å². The van der Waals surface area contributed by atoms with Gasteiger partial charge in [-0.2, -0.15) is 10.1 Å². The molecule has 0 bridgehead atoms. The molecule has 3 aromatic heterocycles. The molecule has 0 unspecified atom stereocenters. The van der Waals surface area contributed by atoms with Gasteiger partial charge in [-0.25, -0.2) is 19.0 Å². The summed E-state index contributed by atoms with van der Waals surface area (Å²) in [5, 5.41) is 8.48. The van der Waals surface area contributed by atoms with Gasteiger partial charge in [-0.1, -0.05) is 35.5 Å². The fourth-order valence-corrected chi connectivity index (χ4v) is 4.09. The van der Waals surface area contributed by atoms with Crippen LogP contribution in [0.4, 0.5) is 4.39 Å². The number of imidazole rings is 1. The molecule has 1 aliphatic rings. The van der Waals surface area contributed by atoms with Crippen molar-refractivity contribution in [3.8, 4) is 28.6 Å². The summed E-state index contributed by atoms with van der Waals surface area (Å²) in [6.07, 6.45) is 5.70. The zero-order valence-corrected chi connectivity index (χ0v) is 17.0. The van der Waals surface area contributed by atoms with Gasteiger partial charge in [-0.15, -0.1) is 0 Å². The van der Waals surface area contributed by atoms with Crippen LogP contribution in [-0.4, -0.2) is 34.5 Å². The standard InChI is InChI=1S/C23H18FN7O/c24-16-9-10-18-17(11-16)23-25-13-27-31(23)12-19-21(26-14-30(18)19)22-28-20(32-29-22)8-4-7-15-5-2-1-3-6-15/h1-3,5-6,9-11,13-14H,4,7-8,12H2. The Hall–Kier alpha value is -4.14. The van der Waals surface area contributed by atoms with E-state index < -0.39 is 0 Å². The SMILES string of the molecule is Fc1ccc2c(c1)-c1ncnn1Cc1c(-c3noc(CCCc4ccccc4)n3)ncn1-2. The van der Waals surface area contributed by atoms with Gasteiger partial charge in [-0.3, -0.25) is 4.57 Å². The van der Waals surface area contributed by atoms with Gasteiger partial charge >= 0.3 is 0 Å². The van der Waals surface area contributed by atoms with Crippen LogP contribution in [0.25, 0.3) is 28.6 Å². The molecule has 0 aliphatic carbocycles. The van der Waals surface area contributed by atoms with E-state index in [1.807, 2.05) is 22.8 Å². The molecule has 0 atom stereocenters. The quantitative estimate of drug-likeness (QED) is 0.415. The number of hydrogen-bond acceptors (Lipinski definition) is 6. The zero-order valence-electron chi connectivity index (χ0n) is 17.0. The molecule has 0 saturated carbocycles. The third kappa shape index (κ3) is 3.18. The summed E-state index contributed by atoms with van der Waals surface area (Å²) >= 11 is 0. The lowest BCUT2D eigenvalue weighted by Gasteiger charge is -2.08. The van der Waals surface area contributed by atoms with Crippen molar-refractivity contribution in [3.63, 3.8) is 0 Å². The van der Waals surface area contributed by atoms with E-state index in [-0.39, 0.29) is 5.82 Å². The molecule has 2 aromatic carbocycles. The van der Waals surface area contributed by atoms with Gasteiger partial charge in [0.1, 0.15) is 24.2 Å². The summed E-state index contributed by atoms with van der Waals surface area (Å²) in [6.45, 7) is 0.402. The summed E-state index contributed by atoms with van der Waals surface area (Å²) in [7, 11) is 0. The molecule has 0 amide bonds. The van der Waals surface area contributed by atoms with Crippen LogP contribution in [0.3, 0.4) is 0 Å². The van der Waals surface area contributed by atoms with Crippen molar-refractivity contribution in [2.24, 2.45) is 0 Å². The molecular formula is C23H18FN7O. The molecule has 0 N–H and O–H groups in total. The molecule has 9 heteroatoms. The second-order valence-corrected chi connectivity index (χ2v) is 7.66. The third-order valence-corrected chi connectivity index (χ3v) is 5.62. The van der Waals surface area contributed by atoms with Gasteiger partial charge in [0.2, 0.25) is 11.7 Å². The number of halogens is 1. The van der Waals surface area contributed by atoms with Gasteiger partial charge < -0.3 is 4.52 Å².